The van der Waals surface area contributed by atoms with Crippen LogP contribution in [0.5, 0.6) is 0 Å². The predicted molar refractivity (Wildman–Crippen MR) is 84.8 cm³/mol. The number of carbonyl (C=O) groups is 2. The average molecular weight is 388 g/mol. The number of hydrogen-bond donors (Lipinski definition) is 2. The SMILES string of the molecule is O=C(O)CN(C(=O)Nc1ccccc1I)C1CCCC1. The largest absolute Gasteiger partial charge is 0.480 e. The monoisotopic (exact) mass is 388 g/mol. The molecule has 2 rings (SSSR count). The lowest BCUT2D eigenvalue weighted by atomic mass is 10.2. The summed E-state index contributed by atoms with van der Waals surface area (Å²) in [5.41, 5.74) is 0.714. The van der Waals surface area contributed by atoms with Gasteiger partial charge in [-0.1, -0.05) is 25.0 Å². The summed E-state index contributed by atoms with van der Waals surface area (Å²) in [7, 11) is 0. The molecule has 0 radical (unpaired) electrons. The molecule has 1 aliphatic rings. The van der Waals surface area contributed by atoms with E-state index < -0.39 is 5.97 Å². The van der Waals surface area contributed by atoms with Crippen LogP contribution in [0.3, 0.4) is 0 Å². The molecule has 1 saturated carbocycles. The van der Waals surface area contributed by atoms with E-state index in [1.54, 1.807) is 0 Å². The van der Waals surface area contributed by atoms with Crippen LogP contribution in [0.1, 0.15) is 25.7 Å². The van der Waals surface area contributed by atoms with Gasteiger partial charge in [0.05, 0.1) is 5.69 Å². The molecule has 6 heteroatoms. The molecule has 5 nitrogen and oxygen atoms in total. The van der Waals surface area contributed by atoms with Crippen molar-refractivity contribution in [2.24, 2.45) is 0 Å². The first-order valence-corrected chi connectivity index (χ1v) is 7.70. The van der Waals surface area contributed by atoms with Crippen molar-refractivity contribution in [3.8, 4) is 0 Å². The summed E-state index contributed by atoms with van der Waals surface area (Å²) in [4.78, 5) is 24.7. The number of carbonyl (C=O) groups excluding carboxylic acids is 1. The van der Waals surface area contributed by atoms with E-state index in [9.17, 15) is 9.59 Å². The Kier molecular flexibility index (Phi) is 5.22. The van der Waals surface area contributed by atoms with Crippen molar-refractivity contribution >= 4 is 40.3 Å². The number of hydrogen-bond acceptors (Lipinski definition) is 2. The maximum atomic E-state index is 12.3. The van der Waals surface area contributed by atoms with Gasteiger partial charge in [0.25, 0.3) is 0 Å². The second-order valence-electron chi connectivity index (χ2n) is 4.87. The van der Waals surface area contributed by atoms with Crippen LogP contribution in [-0.2, 0) is 4.79 Å². The van der Waals surface area contributed by atoms with Gasteiger partial charge in [0.1, 0.15) is 6.54 Å². The average Bonchev–Trinajstić information content (AvgIpc) is 2.92. The Balaban J connectivity index is 2.09. The van der Waals surface area contributed by atoms with Crippen molar-refractivity contribution in [1.29, 1.82) is 0 Å². The fourth-order valence-corrected chi connectivity index (χ4v) is 3.00. The van der Waals surface area contributed by atoms with Gasteiger partial charge < -0.3 is 15.3 Å². The molecule has 0 aromatic heterocycles. The number of nitrogens with zero attached hydrogens (tertiary/aromatic N) is 1. The maximum absolute atomic E-state index is 12.3. The van der Waals surface area contributed by atoms with Gasteiger partial charge in [-0.2, -0.15) is 0 Å². The lowest BCUT2D eigenvalue weighted by Gasteiger charge is -2.27. The van der Waals surface area contributed by atoms with Crippen LogP contribution in [0.25, 0.3) is 0 Å². The first-order valence-electron chi connectivity index (χ1n) is 6.62. The number of rotatable bonds is 4. The third-order valence-electron chi connectivity index (χ3n) is 3.45. The number of nitrogens with one attached hydrogen (secondary N) is 1. The van der Waals surface area contributed by atoms with Gasteiger partial charge in [-0.25, -0.2) is 4.79 Å². The number of halogens is 1. The minimum Gasteiger partial charge on any atom is -0.480 e. The summed E-state index contributed by atoms with van der Waals surface area (Å²) < 4.78 is 0.931. The Bertz CT molecular complexity index is 501. The summed E-state index contributed by atoms with van der Waals surface area (Å²) in [6, 6.07) is 7.15. The number of amides is 2. The molecule has 2 N–H and O–H groups in total. The summed E-state index contributed by atoms with van der Waals surface area (Å²) in [5.74, 6) is -0.977. The summed E-state index contributed by atoms with van der Waals surface area (Å²) in [5, 5.41) is 11.8. The van der Waals surface area contributed by atoms with Gasteiger partial charge in [0, 0.05) is 9.61 Å². The zero-order valence-corrected chi connectivity index (χ0v) is 13.2. The number of aliphatic carboxylic acids is 1. The molecule has 0 bridgehead atoms. The lowest BCUT2D eigenvalue weighted by molar-refractivity contribution is -0.138. The van der Waals surface area contributed by atoms with Gasteiger partial charge >= 0.3 is 12.0 Å². The molecule has 2 amide bonds. The molecular weight excluding hydrogens is 371 g/mol. The fourth-order valence-electron chi connectivity index (χ4n) is 2.48. The van der Waals surface area contributed by atoms with E-state index in [-0.39, 0.29) is 18.6 Å². The quantitative estimate of drug-likeness (QED) is 0.779. The van der Waals surface area contributed by atoms with Crippen molar-refractivity contribution in [2.45, 2.75) is 31.7 Å². The topological polar surface area (TPSA) is 69.6 Å². The molecule has 0 atom stereocenters. The summed E-state index contributed by atoms with van der Waals surface area (Å²) >= 11 is 2.14. The number of para-hydroxylation sites is 1. The molecule has 20 heavy (non-hydrogen) atoms. The number of carboxylic acids is 1. The number of benzene rings is 1. The maximum Gasteiger partial charge on any atom is 0.323 e. The Morgan fingerprint density at radius 1 is 1.30 bits per heavy atom. The first-order chi connectivity index (χ1) is 9.58. The van der Waals surface area contributed by atoms with Crippen LogP contribution < -0.4 is 5.32 Å². The number of anilines is 1. The highest BCUT2D eigenvalue weighted by atomic mass is 127. The highest BCUT2D eigenvalue weighted by molar-refractivity contribution is 14.1. The van der Waals surface area contributed by atoms with Crippen molar-refractivity contribution in [3.05, 3.63) is 27.8 Å². The molecule has 1 fully saturated rings. The molecule has 0 heterocycles. The molecule has 0 unspecified atom stereocenters. The van der Waals surface area contributed by atoms with Crippen LogP contribution in [-0.4, -0.2) is 34.6 Å². The van der Waals surface area contributed by atoms with Crippen LogP contribution in [0.15, 0.2) is 24.3 Å². The second-order valence-corrected chi connectivity index (χ2v) is 6.03. The van der Waals surface area contributed by atoms with Crippen LogP contribution in [0.2, 0.25) is 0 Å². The van der Waals surface area contributed by atoms with Crippen LogP contribution in [0.4, 0.5) is 10.5 Å². The zero-order valence-electron chi connectivity index (χ0n) is 11.0. The molecule has 1 aliphatic carbocycles. The Morgan fingerprint density at radius 2 is 1.95 bits per heavy atom. The van der Waals surface area contributed by atoms with Gasteiger partial charge in [-0.15, -0.1) is 0 Å². The summed E-state index contributed by atoms with van der Waals surface area (Å²) in [6.07, 6.45) is 3.87. The summed E-state index contributed by atoms with van der Waals surface area (Å²) in [6.45, 7) is -0.250. The molecule has 108 valence electrons. The van der Waals surface area contributed by atoms with E-state index in [2.05, 4.69) is 27.9 Å². The smallest absolute Gasteiger partial charge is 0.323 e. The first kappa shape index (κ1) is 15.1. The number of urea groups is 1. The fraction of sp³-hybridized carbons (Fsp3) is 0.429. The molecule has 0 aliphatic heterocycles. The standard InChI is InChI=1S/C14H17IN2O3/c15-11-7-3-4-8-12(11)16-14(20)17(9-13(18)19)10-5-1-2-6-10/h3-4,7-8,10H,1-2,5-6,9H2,(H,16,20)(H,18,19). The van der Waals surface area contributed by atoms with Gasteiger partial charge in [0.15, 0.2) is 0 Å². The van der Waals surface area contributed by atoms with Crippen molar-refractivity contribution in [2.75, 3.05) is 11.9 Å². The van der Waals surface area contributed by atoms with E-state index in [0.717, 1.165) is 29.3 Å². The van der Waals surface area contributed by atoms with Gasteiger partial charge in [-0.3, -0.25) is 4.79 Å². The highest BCUT2D eigenvalue weighted by Gasteiger charge is 2.28. The van der Waals surface area contributed by atoms with Crippen LogP contribution >= 0.6 is 22.6 Å². The molecular formula is C14H17IN2O3. The third kappa shape index (κ3) is 3.84. The van der Waals surface area contributed by atoms with E-state index in [4.69, 9.17) is 5.11 Å². The second kappa shape index (κ2) is 6.92. The van der Waals surface area contributed by atoms with E-state index in [1.807, 2.05) is 24.3 Å². The Labute approximate surface area is 131 Å². The Morgan fingerprint density at radius 3 is 2.55 bits per heavy atom. The Hall–Kier alpha value is -1.31. The van der Waals surface area contributed by atoms with E-state index in [1.165, 1.54) is 4.90 Å². The number of carboxylic acid groups (broad SMARTS) is 1. The van der Waals surface area contributed by atoms with E-state index in [0.29, 0.717) is 5.69 Å². The minimum absolute atomic E-state index is 0.0347. The normalized spacial score (nSPS) is 15.1. The molecule has 0 spiro atoms. The zero-order chi connectivity index (χ0) is 14.5. The molecule has 0 saturated heterocycles. The van der Waals surface area contributed by atoms with Gasteiger partial charge in [-0.05, 0) is 47.6 Å². The van der Waals surface area contributed by atoms with E-state index >= 15 is 0 Å². The van der Waals surface area contributed by atoms with Crippen molar-refractivity contribution in [3.63, 3.8) is 0 Å². The van der Waals surface area contributed by atoms with Crippen molar-refractivity contribution in [1.82, 2.24) is 4.90 Å². The third-order valence-corrected chi connectivity index (χ3v) is 4.39. The predicted octanol–water partition coefficient (Wildman–Crippen LogP) is 3.15. The minimum atomic E-state index is -0.977. The molecule has 1 aromatic carbocycles. The van der Waals surface area contributed by atoms with Crippen molar-refractivity contribution < 1.29 is 14.7 Å². The van der Waals surface area contributed by atoms with Gasteiger partial charge in [0.2, 0.25) is 0 Å². The van der Waals surface area contributed by atoms with Crippen LogP contribution in [0, 0.1) is 3.57 Å². The highest BCUT2D eigenvalue weighted by Crippen LogP contribution is 2.25. The molecule has 1 aromatic rings. The lowest BCUT2D eigenvalue weighted by Crippen LogP contribution is -2.44.